The molecule has 0 radical (unpaired) electrons. The van der Waals surface area contributed by atoms with Gasteiger partial charge < -0.3 is 19.5 Å². The molecule has 1 amide bonds. The Morgan fingerprint density at radius 1 is 1.07 bits per heavy atom. The number of nitrogens with one attached hydrogen (secondary N) is 1. The highest BCUT2D eigenvalue weighted by atomic mass is 19.1. The molecule has 0 aliphatic carbocycles. The first-order chi connectivity index (χ1) is 13.3. The lowest BCUT2D eigenvalue weighted by Gasteiger charge is -2.15. The van der Waals surface area contributed by atoms with Gasteiger partial charge in [-0.25, -0.2) is 9.18 Å². The van der Waals surface area contributed by atoms with Crippen LogP contribution in [-0.4, -0.2) is 31.7 Å². The standard InChI is InChI=1S/C21H24FNO5/c1-13(2)12-27-18-10-9-15(11-19(18)26-4)21(25)28-14(3)20(24)23-17-8-6-5-7-16(17)22/h5-11,13-14H,12H2,1-4H3,(H,23,24)/t14-/m0/s1. The molecule has 28 heavy (non-hydrogen) atoms. The lowest BCUT2D eigenvalue weighted by Crippen LogP contribution is -2.30. The second kappa shape index (κ2) is 9.73. The number of amides is 1. The molecule has 2 aromatic rings. The smallest absolute Gasteiger partial charge is 0.339 e. The summed E-state index contributed by atoms with van der Waals surface area (Å²) in [5.74, 6) is -0.678. The number of para-hydroxylation sites is 1. The van der Waals surface area contributed by atoms with E-state index in [0.29, 0.717) is 24.0 Å². The number of esters is 1. The molecule has 0 fully saturated rings. The maximum absolute atomic E-state index is 13.6. The van der Waals surface area contributed by atoms with E-state index >= 15 is 0 Å². The largest absolute Gasteiger partial charge is 0.493 e. The number of hydrogen-bond acceptors (Lipinski definition) is 5. The third-order valence-corrected chi connectivity index (χ3v) is 3.76. The molecule has 0 saturated carbocycles. The van der Waals surface area contributed by atoms with E-state index in [4.69, 9.17) is 14.2 Å². The van der Waals surface area contributed by atoms with Crippen molar-refractivity contribution in [1.29, 1.82) is 0 Å². The van der Waals surface area contributed by atoms with Crippen LogP contribution in [0.2, 0.25) is 0 Å². The Labute approximate surface area is 163 Å². The Kier molecular flexibility index (Phi) is 7.37. The van der Waals surface area contributed by atoms with Crippen LogP contribution in [0.5, 0.6) is 11.5 Å². The molecule has 0 saturated heterocycles. The fourth-order valence-electron chi connectivity index (χ4n) is 2.25. The van der Waals surface area contributed by atoms with Crippen LogP contribution in [0.25, 0.3) is 0 Å². The van der Waals surface area contributed by atoms with Crippen LogP contribution >= 0.6 is 0 Å². The molecular weight excluding hydrogens is 365 g/mol. The van der Waals surface area contributed by atoms with Gasteiger partial charge in [-0.1, -0.05) is 26.0 Å². The molecule has 7 heteroatoms. The summed E-state index contributed by atoms with van der Waals surface area (Å²) < 4.78 is 29.7. The molecule has 2 rings (SSSR count). The first-order valence-corrected chi connectivity index (χ1v) is 8.89. The topological polar surface area (TPSA) is 73.9 Å². The second-order valence-corrected chi connectivity index (χ2v) is 6.59. The quantitative estimate of drug-likeness (QED) is 0.690. The number of hydrogen-bond donors (Lipinski definition) is 1. The zero-order valence-corrected chi connectivity index (χ0v) is 16.3. The normalized spacial score (nSPS) is 11.6. The summed E-state index contributed by atoms with van der Waals surface area (Å²) in [6.45, 7) is 5.96. The van der Waals surface area contributed by atoms with E-state index in [2.05, 4.69) is 5.32 Å². The van der Waals surface area contributed by atoms with Crippen molar-refractivity contribution in [2.45, 2.75) is 26.9 Å². The molecule has 1 N–H and O–H groups in total. The lowest BCUT2D eigenvalue weighted by atomic mass is 10.2. The average molecular weight is 389 g/mol. The Balaban J connectivity index is 2.03. The summed E-state index contributed by atoms with van der Waals surface area (Å²) in [6.07, 6.45) is -1.12. The van der Waals surface area contributed by atoms with Gasteiger partial charge in [0.05, 0.1) is 25.0 Å². The van der Waals surface area contributed by atoms with Gasteiger partial charge in [0.25, 0.3) is 5.91 Å². The van der Waals surface area contributed by atoms with Crippen molar-refractivity contribution < 1.29 is 28.2 Å². The molecule has 6 nitrogen and oxygen atoms in total. The Morgan fingerprint density at radius 3 is 2.43 bits per heavy atom. The lowest BCUT2D eigenvalue weighted by molar-refractivity contribution is -0.123. The molecule has 0 bridgehead atoms. The Hall–Kier alpha value is -3.09. The van der Waals surface area contributed by atoms with Crippen LogP contribution in [-0.2, 0) is 9.53 Å². The van der Waals surface area contributed by atoms with Gasteiger partial charge in [0, 0.05) is 0 Å². The molecule has 2 aromatic carbocycles. The Morgan fingerprint density at radius 2 is 1.79 bits per heavy atom. The maximum atomic E-state index is 13.6. The molecule has 0 heterocycles. The first-order valence-electron chi connectivity index (χ1n) is 8.89. The van der Waals surface area contributed by atoms with Crippen LogP contribution in [0, 0.1) is 11.7 Å². The summed E-state index contributed by atoms with van der Waals surface area (Å²) in [5, 5.41) is 2.39. The van der Waals surface area contributed by atoms with Gasteiger partial charge in [-0.3, -0.25) is 4.79 Å². The number of rotatable bonds is 8. The number of benzene rings is 2. The van der Waals surface area contributed by atoms with Crippen LogP contribution in [0.15, 0.2) is 42.5 Å². The zero-order chi connectivity index (χ0) is 20.7. The zero-order valence-electron chi connectivity index (χ0n) is 16.3. The SMILES string of the molecule is COc1cc(C(=O)O[C@@H](C)C(=O)Nc2ccccc2F)ccc1OCC(C)C. The van der Waals surface area contributed by atoms with Gasteiger partial charge in [0.2, 0.25) is 0 Å². The van der Waals surface area contributed by atoms with Crippen molar-refractivity contribution in [1.82, 2.24) is 0 Å². The van der Waals surface area contributed by atoms with E-state index in [-0.39, 0.29) is 11.3 Å². The number of carbonyl (C=O) groups is 2. The van der Waals surface area contributed by atoms with Crippen molar-refractivity contribution in [2.24, 2.45) is 5.92 Å². The van der Waals surface area contributed by atoms with E-state index < -0.39 is 23.8 Å². The summed E-state index contributed by atoms with van der Waals surface area (Å²) in [5.41, 5.74) is 0.225. The maximum Gasteiger partial charge on any atom is 0.339 e. The molecule has 0 aliphatic heterocycles. The molecule has 0 unspecified atom stereocenters. The van der Waals surface area contributed by atoms with Gasteiger partial charge in [-0.15, -0.1) is 0 Å². The van der Waals surface area contributed by atoms with Gasteiger partial charge in [-0.2, -0.15) is 0 Å². The Bertz CT molecular complexity index is 837. The van der Waals surface area contributed by atoms with Crippen LogP contribution in [0.4, 0.5) is 10.1 Å². The number of carbonyl (C=O) groups excluding carboxylic acids is 2. The fourth-order valence-corrected chi connectivity index (χ4v) is 2.25. The molecular formula is C21H24FNO5. The van der Waals surface area contributed by atoms with Crippen LogP contribution < -0.4 is 14.8 Å². The highest BCUT2D eigenvalue weighted by Crippen LogP contribution is 2.29. The summed E-state index contributed by atoms with van der Waals surface area (Å²) in [7, 11) is 1.47. The fraction of sp³-hybridized carbons (Fsp3) is 0.333. The van der Waals surface area contributed by atoms with Gasteiger partial charge in [0.15, 0.2) is 17.6 Å². The van der Waals surface area contributed by atoms with Crippen LogP contribution in [0.1, 0.15) is 31.1 Å². The van der Waals surface area contributed by atoms with E-state index in [9.17, 15) is 14.0 Å². The first kappa shape index (κ1) is 21.2. The van der Waals surface area contributed by atoms with E-state index in [0.717, 1.165) is 0 Å². The number of ether oxygens (including phenoxy) is 3. The number of methoxy groups -OCH3 is 1. The third kappa shape index (κ3) is 5.70. The molecule has 0 aliphatic rings. The van der Waals surface area contributed by atoms with Gasteiger partial charge in [0.1, 0.15) is 5.82 Å². The molecule has 1 atom stereocenters. The van der Waals surface area contributed by atoms with E-state index in [1.807, 2.05) is 13.8 Å². The van der Waals surface area contributed by atoms with E-state index in [1.165, 1.54) is 44.4 Å². The van der Waals surface area contributed by atoms with Crippen molar-refractivity contribution in [2.75, 3.05) is 19.0 Å². The average Bonchev–Trinajstić information content (AvgIpc) is 2.67. The van der Waals surface area contributed by atoms with Crippen molar-refractivity contribution in [3.05, 3.63) is 53.8 Å². The minimum atomic E-state index is -1.12. The van der Waals surface area contributed by atoms with Crippen molar-refractivity contribution in [3.63, 3.8) is 0 Å². The predicted molar refractivity (Wildman–Crippen MR) is 103 cm³/mol. The van der Waals surface area contributed by atoms with Gasteiger partial charge >= 0.3 is 5.97 Å². The number of halogens is 1. The highest BCUT2D eigenvalue weighted by molar-refractivity contribution is 5.97. The van der Waals surface area contributed by atoms with E-state index in [1.54, 1.807) is 12.1 Å². The highest BCUT2D eigenvalue weighted by Gasteiger charge is 2.21. The van der Waals surface area contributed by atoms with Crippen molar-refractivity contribution >= 4 is 17.6 Å². The summed E-state index contributed by atoms with van der Waals surface area (Å²) >= 11 is 0. The van der Waals surface area contributed by atoms with Crippen LogP contribution in [0.3, 0.4) is 0 Å². The number of anilines is 1. The minimum absolute atomic E-state index is 0.0173. The summed E-state index contributed by atoms with van der Waals surface area (Å²) in [4.78, 5) is 24.5. The molecule has 0 spiro atoms. The van der Waals surface area contributed by atoms with Gasteiger partial charge in [-0.05, 0) is 43.2 Å². The molecule has 0 aromatic heterocycles. The predicted octanol–water partition coefficient (Wildman–Crippen LogP) is 4.05. The monoisotopic (exact) mass is 389 g/mol. The van der Waals surface area contributed by atoms with Crippen molar-refractivity contribution in [3.8, 4) is 11.5 Å². The molecule has 150 valence electrons. The second-order valence-electron chi connectivity index (χ2n) is 6.59. The summed E-state index contributed by atoms with van der Waals surface area (Å²) in [6, 6.07) is 10.4. The minimum Gasteiger partial charge on any atom is -0.493 e. The third-order valence-electron chi connectivity index (χ3n) is 3.76.